The van der Waals surface area contributed by atoms with Gasteiger partial charge in [0.15, 0.2) is 5.75 Å². The fraction of sp³-hybridized carbons (Fsp3) is 0.500. The molecule has 0 radical (unpaired) electrons. The monoisotopic (exact) mass is 351 g/mol. The molecule has 3 rings (SSSR count). The zero-order valence-electron chi connectivity index (χ0n) is 11.7. The highest BCUT2D eigenvalue weighted by Crippen LogP contribution is 2.28. The molecule has 0 amide bonds. The summed E-state index contributed by atoms with van der Waals surface area (Å²) in [5, 5.41) is 8.25. The van der Waals surface area contributed by atoms with Gasteiger partial charge in [0, 0.05) is 18.8 Å². The van der Waals surface area contributed by atoms with Crippen LogP contribution >= 0.6 is 15.9 Å². The summed E-state index contributed by atoms with van der Waals surface area (Å²) in [7, 11) is 0. The van der Waals surface area contributed by atoms with Gasteiger partial charge in [-0.15, -0.1) is 5.10 Å². The molecule has 6 nitrogen and oxygen atoms in total. The van der Waals surface area contributed by atoms with Crippen LogP contribution in [0.2, 0.25) is 0 Å². The summed E-state index contributed by atoms with van der Waals surface area (Å²) in [6, 6.07) is 4.11. The zero-order chi connectivity index (χ0) is 14.7. The van der Waals surface area contributed by atoms with Gasteiger partial charge in [0.1, 0.15) is 16.9 Å². The Morgan fingerprint density at radius 1 is 1.43 bits per heavy atom. The van der Waals surface area contributed by atoms with Crippen LogP contribution in [0, 0.1) is 5.92 Å². The molecule has 2 aromatic heterocycles. The molecule has 2 N–H and O–H groups in total. The number of aryl methyl sites for hydroxylation is 1. The minimum atomic E-state index is 0.387. The summed E-state index contributed by atoms with van der Waals surface area (Å²) in [4.78, 5) is 4.11. The number of pyridine rings is 1. The predicted molar refractivity (Wildman–Crippen MR) is 81.6 cm³/mol. The second-order valence-corrected chi connectivity index (χ2v) is 6.19. The van der Waals surface area contributed by atoms with Crippen molar-refractivity contribution in [3.05, 3.63) is 34.8 Å². The van der Waals surface area contributed by atoms with E-state index in [0.29, 0.717) is 23.0 Å². The van der Waals surface area contributed by atoms with Crippen molar-refractivity contribution >= 4 is 15.9 Å². The van der Waals surface area contributed by atoms with E-state index >= 15 is 0 Å². The summed E-state index contributed by atoms with van der Waals surface area (Å²) >= 11 is 3.35. The number of rotatable bonds is 6. The van der Waals surface area contributed by atoms with Crippen LogP contribution in [-0.4, -0.2) is 26.0 Å². The van der Waals surface area contributed by atoms with Gasteiger partial charge < -0.3 is 10.5 Å². The lowest BCUT2D eigenvalue weighted by molar-refractivity contribution is 0.236. The van der Waals surface area contributed by atoms with Gasteiger partial charge in [-0.1, -0.05) is 5.21 Å². The SMILES string of the molecule is NC1CC(CCn2cc(COc3cccnc3Br)nn2)C1. The Kier molecular flexibility index (Phi) is 4.50. The standard InChI is InChI=1S/C14H18BrN5O/c15-14-13(2-1-4-17-14)21-9-12-8-20(19-18-12)5-3-10-6-11(16)7-10/h1-2,4,8,10-11H,3,5-7,9,16H2. The summed E-state index contributed by atoms with van der Waals surface area (Å²) in [5.41, 5.74) is 6.60. The van der Waals surface area contributed by atoms with Gasteiger partial charge in [0.2, 0.25) is 0 Å². The van der Waals surface area contributed by atoms with Crippen molar-refractivity contribution in [1.82, 2.24) is 20.0 Å². The quantitative estimate of drug-likeness (QED) is 0.806. The lowest BCUT2D eigenvalue weighted by atomic mass is 9.79. The number of aromatic nitrogens is 4. The van der Waals surface area contributed by atoms with Gasteiger partial charge >= 0.3 is 0 Å². The van der Waals surface area contributed by atoms with E-state index in [9.17, 15) is 0 Å². The third-order valence-electron chi connectivity index (χ3n) is 3.73. The number of nitrogens with two attached hydrogens (primary N) is 1. The molecule has 0 unspecified atom stereocenters. The van der Waals surface area contributed by atoms with Crippen molar-refractivity contribution in [2.75, 3.05) is 0 Å². The first-order valence-electron chi connectivity index (χ1n) is 7.08. The van der Waals surface area contributed by atoms with Gasteiger partial charge in [-0.3, -0.25) is 4.68 Å². The van der Waals surface area contributed by atoms with Crippen molar-refractivity contribution in [3.63, 3.8) is 0 Å². The number of ether oxygens (including phenoxy) is 1. The van der Waals surface area contributed by atoms with Crippen molar-refractivity contribution in [2.45, 2.75) is 38.5 Å². The first-order valence-corrected chi connectivity index (χ1v) is 7.88. The van der Waals surface area contributed by atoms with Gasteiger partial charge in [-0.05, 0) is 53.2 Å². The lowest BCUT2D eigenvalue weighted by Crippen LogP contribution is -2.36. The normalized spacial score (nSPS) is 21.0. The number of hydrogen-bond donors (Lipinski definition) is 1. The van der Waals surface area contributed by atoms with Crippen LogP contribution in [0.1, 0.15) is 25.0 Å². The highest BCUT2D eigenvalue weighted by molar-refractivity contribution is 9.10. The van der Waals surface area contributed by atoms with Crippen LogP contribution in [-0.2, 0) is 13.2 Å². The van der Waals surface area contributed by atoms with E-state index in [0.717, 1.165) is 37.4 Å². The molecule has 2 heterocycles. The van der Waals surface area contributed by atoms with E-state index in [1.54, 1.807) is 6.20 Å². The Bertz CT molecular complexity index is 597. The predicted octanol–water partition coefficient (Wildman–Crippen LogP) is 2.14. The molecule has 0 aliphatic heterocycles. The first-order chi connectivity index (χ1) is 10.2. The van der Waals surface area contributed by atoms with E-state index in [1.807, 2.05) is 23.0 Å². The van der Waals surface area contributed by atoms with E-state index in [1.165, 1.54) is 0 Å². The Hall–Kier alpha value is -1.47. The second-order valence-electron chi connectivity index (χ2n) is 5.44. The number of hydrogen-bond acceptors (Lipinski definition) is 5. The summed E-state index contributed by atoms with van der Waals surface area (Å²) < 4.78 is 8.24. The third-order valence-corrected chi connectivity index (χ3v) is 4.32. The number of halogens is 1. The second kappa shape index (κ2) is 6.53. The molecule has 0 spiro atoms. The molecule has 112 valence electrons. The summed E-state index contributed by atoms with van der Waals surface area (Å²) in [5.74, 6) is 1.45. The average Bonchev–Trinajstić information content (AvgIpc) is 2.89. The van der Waals surface area contributed by atoms with Crippen LogP contribution in [0.5, 0.6) is 5.75 Å². The number of nitrogens with zero attached hydrogens (tertiary/aromatic N) is 4. The molecule has 1 saturated carbocycles. The zero-order valence-corrected chi connectivity index (χ0v) is 13.2. The van der Waals surface area contributed by atoms with Gasteiger partial charge in [0.05, 0.1) is 6.20 Å². The largest absolute Gasteiger partial charge is 0.484 e. The van der Waals surface area contributed by atoms with E-state index in [4.69, 9.17) is 10.5 Å². The Morgan fingerprint density at radius 2 is 2.29 bits per heavy atom. The molecule has 0 saturated heterocycles. The highest BCUT2D eigenvalue weighted by atomic mass is 79.9. The topological polar surface area (TPSA) is 78.9 Å². The summed E-state index contributed by atoms with van der Waals surface area (Å²) in [6.07, 6.45) is 7.04. The highest BCUT2D eigenvalue weighted by Gasteiger charge is 2.25. The summed E-state index contributed by atoms with van der Waals surface area (Å²) in [6.45, 7) is 1.28. The van der Waals surface area contributed by atoms with E-state index in [2.05, 4.69) is 31.2 Å². The minimum absolute atomic E-state index is 0.387. The molecule has 1 aliphatic carbocycles. The molecule has 2 aromatic rings. The molecule has 0 bridgehead atoms. The molecule has 7 heteroatoms. The van der Waals surface area contributed by atoms with Crippen LogP contribution in [0.25, 0.3) is 0 Å². The average molecular weight is 352 g/mol. The Balaban J connectivity index is 1.47. The molecule has 0 atom stereocenters. The maximum absolute atomic E-state index is 5.79. The molecular weight excluding hydrogens is 334 g/mol. The molecule has 1 aliphatic rings. The van der Waals surface area contributed by atoms with Crippen molar-refractivity contribution in [1.29, 1.82) is 0 Å². The third kappa shape index (κ3) is 3.79. The van der Waals surface area contributed by atoms with Crippen LogP contribution < -0.4 is 10.5 Å². The fourth-order valence-electron chi connectivity index (χ4n) is 2.48. The maximum Gasteiger partial charge on any atom is 0.152 e. The Morgan fingerprint density at radius 3 is 3.05 bits per heavy atom. The fourth-order valence-corrected chi connectivity index (χ4v) is 2.85. The van der Waals surface area contributed by atoms with Crippen LogP contribution in [0.4, 0.5) is 0 Å². The minimum Gasteiger partial charge on any atom is -0.484 e. The van der Waals surface area contributed by atoms with Crippen molar-refractivity contribution in [3.8, 4) is 5.75 Å². The van der Waals surface area contributed by atoms with Crippen molar-refractivity contribution < 1.29 is 4.74 Å². The van der Waals surface area contributed by atoms with Gasteiger partial charge in [-0.25, -0.2) is 4.98 Å². The van der Waals surface area contributed by atoms with Gasteiger partial charge in [0.25, 0.3) is 0 Å². The smallest absolute Gasteiger partial charge is 0.152 e. The Labute approximate surface area is 131 Å². The first kappa shape index (κ1) is 14.5. The molecular formula is C14H18BrN5O. The van der Waals surface area contributed by atoms with E-state index < -0.39 is 0 Å². The van der Waals surface area contributed by atoms with Gasteiger partial charge in [-0.2, -0.15) is 0 Å². The van der Waals surface area contributed by atoms with E-state index in [-0.39, 0.29) is 0 Å². The molecule has 0 aromatic carbocycles. The maximum atomic E-state index is 5.79. The lowest BCUT2D eigenvalue weighted by Gasteiger charge is -2.32. The van der Waals surface area contributed by atoms with Crippen LogP contribution in [0.15, 0.2) is 29.1 Å². The van der Waals surface area contributed by atoms with Crippen molar-refractivity contribution in [2.24, 2.45) is 11.7 Å². The molecule has 1 fully saturated rings. The molecule has 21 heavy (non-hydrogen) atoms. The van der Waals surface area contributed by atoms with Crippen LogP contribution in [0.3, 0.4) is 0 Å².